The van der Waals surface area contributed by atoms with Gasteiger partial charge in [-0.05, 0) is 13.8 Å². The van der Waals surface area contributed by atoms with Crippen molar-refractivity contribution in [2.75, 3.05) is 13.2 Å². The standard InChI is InChI=1S/C8H10ClF3NO3P/c1-3-15-17(14,16-4-2)6(5-13)7(9)8(10,11)12/h3-4H2,1-2H3. The molecule has 0 aromatic rings. The van der Waals surface area contributed by atoms with Crippen LogP contribution in [0.4, 0.5) is 13.2 Å². The van der Waals surface area contributed by atoms with E-state index in [0.717, 1.165) is 6.07 Å². The van der Waals surface area contributed by atoms with E-state index in [1.54, 1.807) is 0 Å². The molecule has 0 amide bonds. The summed E-state index contributed by atoms with van der Waals surface area (Å²) in [5, 5.41) is 5.61. The zero-order chi connectivity index (χ0) is 13.7. The first-order valence-electron chi connectivity index (χ1n) is 4.49. The molecule has 0 aliphatic carbocycles. The van der Waals surface area contributed by atoms with Crippen molar-refractivity contribution in [1.29, 1.82) is 5.26 Å². The average molecular weight is 292 g/mol. The molecule has 0 saturated carbocycles. The van der Waals surface area contributed by atoms with Crippen molar-refractivity contribution < 1.29 is 26.8 Å². The molecule has 0 saturated heterocycles. The minimum atomic E-state index is -4.98. The molecule has 0 heterocycles. The van der Waals surface area contributed by atoms with E-state index in [1.807, 2.05) is 0 Å². The highest BCUT2D eigenvalue weighted by atomic mass is 35.5. The molecule has 17 heavy (non-hydrogen) atoms. The highest BCUT2D eigenvalue weighted by Crippen LogP contribution is 2.58. The summed E-state index contributed by atoms with van der Waals surface area (Å²) in [6, 6.07) is 1.13. The summed E-state index contributed by atoms with van der Waals surface area (Å²) in [5.41, 5.74) is 0. The molecule has 0 atom stereocenters. The van der Waals surface area contributed by atoms with E-state index < -0.39 is 24.1 Å². The average Bonchev–Trinajstić information content (AvgIpc) is 2.17. The second-order valence-electron chi connectivity index (χ2n) is 2.61. The monoisotopic (exact) mass is 291 g/mol. The highest BCUT2D eigenvalue weighted by molar-refractivity contribution is 7.59. The molecule has 0 spiro atoms. The molecule has 4 nitrogen and oxygen atoms in total. The largest absolute Gasteiger partial charge is 0.428 e. The van der Waals surface area contributed by atoms with Gasteiger partial charge < -0.3 is 9.05 Å². The van der Waals surface area contributed by atoms with E-state index in [1.165, 1.54) is 13.8 Å². The number of alkyl halides is 3. The van der Waals surface area contributed by atoms with Crippen LogP contribution in [-0.2, 0) is 13.6 Å². The van der Waals surface area contributed by atoms with Gasteiger partial charge in [0.2, 0.25) is 0 Å². The van der Waals surface area contributed by atoms with Crippen LogP contribution in [0.15, 0.2) is 10.3 Å². The van der Waals surface area contributed by atoms with Crippen molar-refractivity contribution in [1.82, 2.24) is 0 Å². The maximum Gasteiger partial charge on any atom is 0.428 e. The van der Waals surface area contributed by atoms with Crippen molar-refractivity contribution in [2.24, 2.45) is 0 Å². The fraction of sp³-hybridized carbons (Fsp3) is 0.625. The molecule has 0 aliphatic rings. The highest BCUT2D eigenvalue weighted by Gasteiger charge is 2.43. The molecule has 0 aromatic heterocycles. The lowest BCUT2D eigenvalue weighted by atomic mass is 10.5. The molecule has 0 rings (SSSR count). The van der Waals surface area contributed by atoms with Gasteiger partial charge in [-0.2, -0.15) is 18.4 Å². The Morgan fingerprint density at radius 2 is 1.76 bits per heavy atom. The lowest BCUT2D eigenvalue weighted by Crippen LogP contribution is -2.11. The van der Waals surface area contributed by atoms with Gasteiger partial charge in [0.25, 0.3) is 0 Å². The smallest absolute Gasteiger partial charge is 0.305 e. The Labute approximate surface area is 101 Å². The predicted octanol–water partition coefficient (Wildman–Crippen LogP) is 3.79. The molecule has 0 aromatic carbocycles. The minimum Gasteiger partial charge on any atom is -0.305 e. The van der Waals surface area contributed by atoms with Crippen LogP contribution in [0, 0.1) is 11.3 Å². The normalized spacial score (nSPS) is 14.2. The first kappa shape index (κ1) is 16.5. The van der Waals surface area contributed by atoms with Crippen LogP contribution in [0.2, 0.25) is 0 Å². The Morgan fingerprint density at radius 3 is 2.00 bits per heavy atom. The number of nitriles is 1. The van der Waals surface area contributed by atoms with Crippen molar-refractivity contribution in [3.05, 3.63) is 10.3 Å². The lowest BCUT2D eigenvalue weighted by molar-refractivity contribution is -0.0848. The van der Waals surface area contributed by atoms with E-state index >= 15 is 0 Å². The summed E-state index contributed by atoms with van der Waals surface area (Å²) in [4.78, 5) is 0. The van der Waals surface area contributed by atoms with Crippen molar-refractivity contribution in [3.8, 4) is 6.07 Å². The maximum absolute atomic E-state index is 12.3. The summed E-state index contributed by atoms with van der Waals surface area (Å²) in [6.07, 6.45) is -4.98. The quantitative estimate of drug-likeness (QED) is 0.571. The minimum absolute atomic E-state index is 0.176. The van der Waals surface area contributed by atoms with Crippen molar-refractivity contribution in [3.63, 3.8) is 0 Å². The van der Waals surface area contributed by atoms with Gasteiger partial charge in [0.15, 0.2) is 5.31 Å². The van der Waals surface area contributed by atoms with Gasteiger partial charge in [-0.3, -0.25) is 4.57 Å². The molecular weight excluding hydrogens is 282 g/mol. The summed E-state index contributed by atoms with van der Waals surface area (Å²) >= 11 is 4.98. The Balaban J connectivity index is 5.65. The molecular formula is C8H10ClF3NO3P. The number of rotatable bonds is 5. The van der Waals surface area contributed by atoms with E-state index in [2.05, 4.69) is 9.05 Å². The Hall–Kier alpha value is -0.540. The van der Waals surface area contributed by atoms with E-state index in [9.17, 15) is 17.7 Å². The summed E-state index contributed by atoms with van der Waals surface area (Å²) in [5.74, 6) is 0. The van der Waals surface area contributed by atoms with Crippen molar-refractivity contribution >= 4 is 19.2 Å². The molecule has 9 heteroatoms. The first-order valence-corrected chi connectivity index (χ1v) is 6.41. The Bertz CT molecular complexity index is 378. The van der Waals surface area contributed by atoms with Gasteiger partial charge >= 0.3 is 13.8 Å². The fourth-order valence-corrected chi connectivity index (χ4v) is 2.73. The zero-order valence-electron chi connectivity index (χ0n) is 9.05. The zero-order valence-corrected chi connectivity index (χ0v) is 10.7. The van der Waals surface area contributed by atoms with Crippen LogP contribution < -0.4 is 0 Å². The van der Waals surface area contributed by atoms with Crippen LogP contribution in [0.25, 0.3) is 0 Å². The van der Waals surface area contributed by atoms with Gasteiger partial charge in [0.1, 0.15) is 11.1 Å². The van der Waals surface area contributed by atoms with Crippen LogP contribution in [0.3, 0.4) is 0 Å². The van der Waals surface area contributed by atoms with Crippen LogP contribution >= 0.6 is 19.2 Å². The predicted molar refractivity (Wildman–Crippen MR) is 55.4 cm³/mol. The van der Waals surface area contributed by atoms with Gasteiger partial charge in [-0.1, -0.05) is 11.6 Å². The SMILES string of the molecule is CCOP(=O)(OCC)C(C#N)=C(Cl)C(F)(F)F. The molecule has 98 valence electrons. The van der Waals surface area contributed by atoms with Gasteiger partial charge in [-0.25, -0.2) is 0 Å². The number of hydrogen-bond acceptors (Lipinski definition) is 4. The third-order valence-electron chi connectivity index (χ3n) is 1.43. The third-order valence-corrected chi connectivity index (χ3v) is 4.04. The second-order valence-corrected chi connectivity index (χ2v) is 4.94. The van der Waals surface area contributed by atoms with Crippen LogP contribution in [0.5, 0.6) is 0 Å². The molecule has 0 bridgehead atoms. The van der Waals surface area contributed by atoms with Gasteiger partial charge in [-0.15, -0.1) is 0 Å². The van der Waals surface area contributed by atoms with Gasteiger partial charge in [0.05, 0.1) is 13.2 Å². The van der Waals surface area contributed by atoms with E-state index in [0.29, 0.717) is 0 Å². The molecule has 0 aliphatic heterocycles. The molecule has 0 radical (unpaired) electrons. The number of halogens is 4. The van der Waals surface area contributed by atoms with Gasteiger partial charge in [0, 0.05) is 0 Å². The summed E-state index contributed by atoms with van der Waals surface area (Å²) in [7, 11) is -4.32. The Kier molecular flexibility index (Phi) is 6.20. The van der Waals surface area contributed by atoms with Crippen molar-refractivity contribution in [2.45, 2.75) is 20.0 Å². The lowest BCUT2D eigenvalue weighted by Gasteiger charge is -2.17. The second kappa shape index (κ2) is 6.41. The topological polar surface area (TPSA) is 59.3 Å². The summed E-state index contributed by atoms with van der Waals surface area (Å²) < 4.78 is 58.1. The van der Waals surface area contributed by atoms with E-state index in [4.69, 9.17) is 16.9 Å². The summed E-state index contributed by atoms with van der Waals surface area (Å²) in [6.45, 7) is 2.46. The fourth-order valence-electron chi connectivity index (χ4n) is 0.871. The number of nitrogens with zero attached hydrogens (tertiary/aromatic N) is 1. The maximum atomic E-state index is 12.3. The van der Waals surface area contributed by atoms with E-state index in [-0.39, 0.29) is 13.2 Å². The Morgan fingerprint density at radius 1 is 1.35 bits per heavy atom. The number of allylic oxidation sites excluding steroid dienone is 2. The van der Waals surface area contributed by atoms with Crippen LogP contribution in [0.1, 0.15) is 13.8 Å². The molecule has 0 N–H and O–H groups in total. The third kappa shape index (κ3) is 4.32. The first-order chi connectivity index (χ1) is 7.72. The van der Waals surface area contributed by atoms with Crippen LogP contribution in [-0.4, -0.2) is 19.4 Å². The molecule has 0 unspecified atom stereocenters. The molecule has 0 fully saturated rings. The number of hydrogen-bond donors (Lipinski definition) is 0.